The molecule has 3 aromatic carbocycles. The molecule has 2 amide bonds. The topological polar surface area (TPSA) is 67.4 Å². The SMILES string of the molecule is C[C@H](NC(=O)c1ccccc1NC(=O)COc1ccc(F)cc1)c1ccccc1. The summed E-state index contributed by atoms with van der Waals surface area (Å²) >= 11 is 0. The number of nitrogens with one attached hydrogen (secondary N) is 2. The van der Waals surface area contributed by atoms with Crippen LogP contribution in [0.4, 0.5) is 10.1 Å². The normalized spacial score (nSPS) is 11.4. The number of carbonyl (C=O) groups excluding carboxylic acids is 2. The standard InChI is InChI=1S/C23H21FN2O3/c1-16(17-7-3-2-4-8-17)25-23(28)20-9-5-6-10-21(20)26-22(27)15-29-19-13-11-18(24)12-14-19/h2-14,16H,15H2,1H3,(H,25,28)(H,26,27)/t16-/m0/s1. The molecule has 0 aliphatic rings. The number of para-hydroxylation sites is 1. The van der Waals surface area contributed by atoms with E-state index in [0.29, 0.717) is 17.0 Å². The third-order valence-corrected chi connectivity index (χ3v) is 4.28. The number of benzene rings is 3. The van der Waals surface area contributed by atoms with Crippen molar-refractivity contribution < 1.29 is 18.7 Å². The van der Waals surface area contributed by atoms with E-state index in [4.69, 9.17) is 4.74 Å². The van der Waals surface area contributed by atoms with E-state index in [0.717, 1.165) is 5.56 Å². The van der Waals surface area contributed by atoms with Crippen molar-refractivity contribution >= 4 is 17.5 Å². The van der Waals surface area contributed by atoms with Gasteiger partial charge in [-0.3, -0.25) is 9.59 Å². The van der Waals surface area contributed by atoms with Crippen molar-refractivity contribution in [1.29, 1.82) is 0 Å². The number of amides is 2. The van der Waals surface area contributed by atoms with Gasteiger partial charge in [0.05, 0.1) is 17.3 Å². The first-order valence-corrected chi connectivity index (χ1v) is 9.16. The van der Waals surface area contributed by atoms with Crippen LogP contribution < -0.4 is 15.4 Å². The Balaban J connectivity index is 1.62. The highest BCUT2D eigenvalue weighted by Crippen LogP contribution is 2.18. The minimum absolute atomic E-state index is 0.186. The molecule has 0 aliphatic heterocycles. The Labute approximate surface area is 168 Å². The summed E-state index contributed by atoms with van der Waals surface area (Å²) in [6, 6.07) is 21.6. The fourth-order valence-electron chi connectivity index (χ4n) is 2.76. The van der Waals surface area contributed by atoms with Gasteiger partial charge in [-0.15, -0.1) is 0 Å². The number of halogens is 1. The molecule has 1 atom stereocenters. The number of hydrogen-bond donors (Lipinski definition) is 2. The van der Waals surface area contributed by atoms with Crippen LogP contribution in [0, 0.1) is 5.82 Å². The van der Waals surface area contributed by atoms with Gasteiger partial charge in [-0.25, -0.2) is 4.39 Å². The van der Waals surface area contributed by atoms with E-state index >= 15 is 0 Å². The van der Waals surface area contributed by atoms with Crippen LogP contribution in [-0.2, 0) is 4.79 Å². The fraction of sp³-hybridized carbons (Fsp3) is 0.130. The van der Waals surface area contributed by atoms with Gasteiger partial charge < -0.3 is 15.4 Å². The third-order valence-electron chi connectivity index (χ3n) is 4.28. The molecule has 2 N–H and O–H groups in total. The lowest BCUT2D eigenvalue weighted by Crippen LogP contribution is -2.28. The Morgan fingerprint density at radius 2 is 1.59 bits per heavy atom. The summed E-state index contributed by atoms with van der Waals surface area (Å²) < 4.78 is 18.3. The van der Waals surface area contributed by atoms with E-state index in [1.807, 2.05) is 37.3 Å². The molecular weight excluding hydrogens is 371 g/mol. The molecule has 6 heteroatoms. The minimum Gasteiger partial charge on any atom is -0.484 e. The third kappa shape index (κ3) is 5.65. The smallest absolute Gasteiger partial charge is 0.262 e. The second-order valence-electron chi connectivity index (χ2n) is 6.44. The largest absolute Gasteiger partial charge is 0.484 e. The summed E-state index contributed by atoms with van der Waals surface area (Å²) in [6.07, 6.45) is 0. The molecule has 3 rings (SSSR count). The molecule has 0 aromatic heterocycles. The van der Waals surface area contributed by atoms with Gasteiger partial charge in [-0.2, -0.15) is 0 Å². The Kier molecular flexibility index (Phi) is 6.58. The van der Waals surface area contributed by atoms with Gasteiger partial charge in [0.25, 0.3) is 11.8 Å². The van der Waals surface area contributed by atoms with Crippen LogP contribution >= 0.6 is 0 Å². The lowest BCUT2D eigenvalue weighted by molar-refractivity contribution is -0.118. The molecule has 0 fully saturated rings. The zero-order valence-electron chi connectivity index (χ0n) is 15.9. The van der Waals surface area contributed by atoms with Gasteiger partial charge in [0.15, 0.2) is 6.61 Å². The predicted octanol–water partition coefficient (Wildman–Crippen LogP) is 4.33. The summed E-state index contributed by atoms with van der Waals surface area (Å²) in [7, 11) is 0. The monoisotopic (exact) mass is 392 g/mol. The molecule has 0 bridgehead atoms. The second kappa shape index (κ2) is 9.50. The highest BCUT2D eigenvalue weighted by Gasteiger charge is 2.16. The predicted molar refractivity (Wildman–Crippen MR) is 109 cm³/mol. The maximum Gasteiger partial charge on any atom is 0.262 e. The summed E-state index contributed by atoms with van der Waals surface area (Å²) in [5, 5.41) is 5.62. The maximum absolute atomic E-state index is 12.9. The van der Waals surface area contributed by atoms with Crippen molar-refractivity contribution in [2.75, 3.05) is 11.9 Å². The van der Waals surface area contributed by atoms with Crippen molar-refractivity contribution in [2.45, 2.75) is 13.0 Å². The van der Waals surface area contributed by atoms with Gasteiger partial charge in [0, 0.05) is 0 Å². The Morgan fingerprint density at radius 1 is 0.931 bits per heavy atom. The van der Waals surface area contributed by atoms with Gasteiger partial charge in [0.1, 0.15) is 11.6 Å². The first kappa shape index (κ1) is 20.1. The van der Waals surface area contributed by atoms with Crippen LogP contribution in [0.15, 0.2) is 78.9 Å². The van der Waals surface area contributed by atoms with Gasteiger partial charge >= 0.3 is 0 Å². The van der Waals surface area contributed by atoms with Crippen LogP contribution in [0.2, 0.25) is 0 Å². The quantitative estimate of drug-likeness (QED) is 0.629. The van der Waals surface area contributed by atoms with E-state index in [9.17, 15) is 14.0 Å². The van der Waals surface area contributed by atoms with E-state index in [1.54, 1.807) is 24.3 Å². The first-order chi connectivity index (χ1) is 14.0. The summed E-state index contributed by atoms with van der Waals surface area (Å²) in [6.45, 7) is 1.63. The van der Waals surface area contributed by atoms with Gasteiger partial charge in [0.2, 0.25) is 0 Å². The summed E-state index contributed by atoms with van der Waals surface area (Å²) in [5.41, 5.74) is 1.72. The zero-order valence-corrected chi connectivity index (χ0v) is 15.9. The van der Waals surface area contributed by atoms with Crippen molar-refractivity contribution in [3.63, 3.8) is 0 Å². The van der Waals surface area contributed by atoms with E-state index < -0.39 is 5.91 Å². The molecule has 0 saturated carbocycles. The molecule has 3 aromatic rings. The average Bonchev–Trinajstić information content (AvgIpc) is 2.74. The maximum atomic E-state index is 12.9. The number of hydrogen-bond acceptors (Lipinski definition) is 3. The number of ether oxygens (including phenoxy) is 1. The number of anilines is 1. The molecule has 29 heavy (non-hydrogen) atoms. The molecular formula is C23H21FN2O3. The van der Waals surface area contributed by atoms with Crippen molar-refractivity contribution in [2.24, 2.45) is 0 Å². The highest BCUT2D eigenvalue weighted by molar-refractivity contribution is 6.04. The molecule has 0 saturated heterocycles. The molecule has 0 heterocycles. The molecule has 5 nitrogen and oxygen atoms in total. The lowest BCUT2D eigenvalue weighted by atomic mass is 10.1. The lowest BCUT2D eigenvalue weighted by Gasteiger charge is -2.16. The average molecular weight is 392 g/mol. The fourth-order valence-corrected chi connectivity index (χ4v) is 2.76. The van der Waals surface area contributed by atoms with Crippen LogP contribution in [0.25, 0.3) is 0 Å². The van der Waals surface area contributed by atoms with E-state index in [2.05, 4.69) is 10.6 Å². The number of rotatable bonds is 7. The Bertz CT molecular complexity index is 975. The van der Waals surface area contributed by atoms with Crippen molar-refractivity contribution in [3.8, 4) is 5.75 Å². The van der Waals surface area contributed by atoms with Crippen LogP contribution in [0.1, 0.15) is 28.9 Å². The van der Waals surface area contributed by atoms with Crippen molar-refractivity contribution in [3.05, 3.63) is 95.8 Å². The molecule has 0 aliphatic carbocycles. The van der Waals surface area contributed by atoms with E-state index in [-0.39, 0.29) is 24.4 Å². The highest BCUT2D eigenvalue weighted by atomic mass is 19.1. The summed E-state index contributed by atoms with van der Waals surface area (Å²) in [5.74, 6) is -0.724. The Hall–Kier alpha value is -3.67. The van der Waals surface area contributed by atoms with Crippen LogP contribution in [-0.4, -0.2) is 18.4 Å². The Morgan fingerprint density at radius 3 is 2.31 bits per heavy atom. The van der Waals surface area contributed by atoms with Crippen LogP contribution in [0.3, 0.4) is 0 Å². The molecule has 0 unspecified atom stereocenters. The van der Waals surface area contributed by atoms with Gasteiger partial charge in [-0.1, -0.05) is 42.5 Å². The van der Waals surface area contributed by atoms with Crippen LogP contribution in [0.5, 0.6) is 5.75 Å². The van der Waals surface area contributed by atoms with Crippen molar-refractivity contribution in [1.82, 2.24) is 5.32 Å². The number of carbonyl (C=O) groups is 2. The molecule has 0 radical (unpaired) electrons. The minimum atomic E-state index is -0.425. The second-order valence-corrected chi connectivity index (χ2v) is 6.44. The summed E-state index contributed by atoms with van der Waals surface area (Å²) in [4.78, 5) is 24.9. The molecule has 148 valence electrons. The van der Waals surface area contributed by atoms with E-state index in [1.165, 1.54) is 24.3 Å². The van der Waals surface area contributed by atoms with Gasteiger partial charge in [-0.05, 0) is 48.9 Å². The molecule has 0 spiro atoms. The zero-order chi connectivity index (χ0) is 20.6. The first-order valence-electron chi connectivity index (χ1n) is 9.16.